The lowest BCUT2D eigenvalue weighted by Gasteiger charge is -2.31. The van der Waals surface area contributed by atoms with E-state index in [1.54, 1.807) is 4.68 Å². The Morgan fingerprint density at radius 1 is 1.27 bits per heavy atom. The summed E-state index contributed by atoms with van der Waals surface area (Å²) in [6.07, 6.45) is 7.62. The molecule has 1 aromatic heterocycles. The summed E-state index contributed by atoms with van der Waals surface area (Å²) in [5.74, 6) is 0.874. The third kappa shape index (κ3) is 3.38. The van der Waals surface area contributed by atoms with Crippen molar-refractivity contribution >= 4 is 5.91 Å². The van der Waals surface area contributed by atoms with Gasteiger partial charge in [0.05, 0.1) is 6.20 Å². The van der Waals surface area contributed by atoms with Crippen molar-refractivity contribution in [2.45, 2.75) is 32.7 Å². The summed E-state index contributed by atoms with van der Waals surface area (Å²) in [6, 6.07) is 10.1. The third-order valence-electron chi connectivity index (χ3n) is 4.48. The van der Waals surface area contributed by atoms with Crippen LogP contribution in [0, 0.1) is 5.92 Å². The van der Waals surface area contributed by atoms with Gasteiger partial charge in [0.1, 0.15) is 6.54 Å². The Kier molecular flexibility index (Phi) is 4.56. The van der Waals surface area contributed by atoms with Gasteiger partial charge in [-0.2, -0.15) is 5.10 Å². The molecule has 1 aliphatic rings. The van der Waals surface area contributed by atoms with Crippen molar-refractivity contribution in [3.63, 3.8) is 0 Å². The average Bonchev–Trinajstić information content (AvgIpc) is 2.95. The predicted octanol–water partition coefficient (Wildman–Crippen LogP) is 3.20. The van der Waals surface area contributed by atoms with Crippen molar-refractivity contribution in [2.75, 3.05) is 13.1 Å². The van der Waals surface area contributed by atoms with E-state index in [9.17, 15) is 4.79 Å². The number of rotatable bonds is 6. The van der Waals surface area contributed by atoms with Crippen LogP contribution in [0.5, 0.6) is 0 Å². The second-order valence-corrected chi connectivity index (χ2v) is 6.02. The molecule has 1 aliphatic carbocycles. The van der Waals surface area contributed by atoms with Crippen LogP contribution in [0.15, 0.2) is 42.7 Å². The lowest BCUT2D eigenvalue weighted by atomic mass is 9.85. The predicted molar refractivity (Wildman–Crippen MR) is 87.3 cm³/mol. The van der Waals surface area contributed by atoms with Crippen molar-refractivity contribution in [3.8, 4) is 11.1 Å². The molecule has 0 spiro atoms. The Morgan fingerprint density at radius 2 is 2.05 bits per heavy atom. The Morgan fingerprint density at radius 3 is 2.68 bits per heavy atom. The van der Waals surface area contributed by atoms with Crippen LogP contribution < -0.4 is 0 Å². The number of amides is 1. The first-order valence-corrected chi connectivity index (χ1v) is 8.12. The molecular weight excluding hydrogens is 274 g/mol. The molecule has 22 heavy (non-hydrogen) atoms. The van der Waals surface area contributed by atoms with E-state index in [2.05, 4.69) is 24.2 Å². The van der Waals surface area contributed by atoms with Gasteiger partial charge in [0.15, 0.2) is 0 Å². The third-order valence-corrected chi connectivity index (χ3v) is 4.48. The quantitative estimate of drug-likeness (QED) is 0.821. The zero-order chi connectivity index (χ0) is 15.4. The van der Waals surface area contributed by atoms with Gasteiger partial charge in [-0.15, -0.1) is 0 Å². The summed E-state index contributed by atoms with van der Waals surface area (Å²) in [6.45, 7) is 4.06. The average molecular weight is 297 g/mol. The second kappa shape index (κ2) is 6.77. The first kappa shape index (κ1) is 14.8. The van der Waals surface area contributed by atoms with Gasteiger partial charge >= 0.3 is 0 Å². The van der Waals surface area contributed by atoms with E-state index in [0.717, 1.165) is 24.2 Å². The second-order valence-electron chi connectivity index (χ2n) is 6.02. The van der Waals surface area contributed by atoms with E-state index in [4.69, 9.17) is 0 Å². The molecule has 4 nitrogen and oxygen atoms in total. The van der Waals surface area contributed by atoms with Crippen LogP contribution in [-0.4, -0.2) is 33.7 Å². The van der Waals surface area contributed by atoms with Crippen LogP contribution in [-0.2, 0) is 11.3 Å². The molecule has 2 aromatic rings. The summed E-state index contributed by atoms with van der Waals surface area (Å²) in [5.41, 5.74) is 2.18. The lowest BCUT2D eigenvalue weighted by molar-refractivity contribution is -0.132. The highest BCUT2D eigenvalue weighted by Gasteiger charge is 2.22. The van der Waals surface area contributed by atoms with E-state index >= 15 is 0 Å². The van der Waals surface area contributed by atoms with Crippen LogP contribution in [0.2, 0.25) is 0 Å². The van der Waals surface area contributed by atoms with Gasteiger partial charge in [0.25, 0.3) is 0 Å². The first-order valence-electron chi connectivity index (χ1n) is 8.12. The number of hydrogen-bond acceptors (Lipinski definition) is 2. The minimum Gasteiger partial charge on any atom is -0.341 e. The maximum absolute atomic E-state index is 12.4. The zero-order valence-corrected chi connectivity index (χ0v) is 13.1. The van der Waals surface area contributed by atoms with Gasteiger partial charge < -0.3 is 4.90 Å². The van der Waals surface area contributed by atoms with Gasteiger partial charge in [-0.1, -0.05) is 36.8 Å². The lowest BCUT2D eigenvalue weighted by Crippen LogP contribution is -2.39. The number of carbonyl (C=O) groups excluding carboxylic acids is 1. The van der Waals surface area contributed by atoms with E-state index in [1.165, 1.54) is 19.3 Å². The molecule has 0 N–H and O–H groups in total. The fourth-order valence-corrected chi connectivity index (χ4v) is 2.86. The van der Waals surface area contributed by atoms with Gasteiger partial charge in [0, 0.05) is 24.8 Å². The highest BCUT2D eigenvalue weighted by Crippen LogP contribution is 2.27. The molecule has 4 heteroatoms. The molecular formula is C18H23N3O. The van der Waals surface area contributed by atoms with Crippen LogP contribution in [0.3, 0.4) is 0 Å². The minimum absolute atomic E-state index is 0.164. The van der Waals surface area contributed by atoms with E-state index in [-0.39, 0.29) is 5.91 Å². The van der Waals surface area contributed by atoms with Crippen LogP contribution in [0.4, 0.5) is 0 Å². The summed E-state index contributed by atoms with van der Waals surface area (Å²) in [4.78, 5) is 14.4. The number of benzene rings is 1. The number of likely N-dealkylation sites (N-methyl/N-ethyl adjacent to an activating group) is 1. The molecule has 0 atom stereocenters. The molecule has 0 aliphatic heterocycles. The standard InChI is InChI=1S/C18H23N3O/c1-2-20(12-15-7-6-8-15)18(22)14-21-13-17(11-19-21)16-9-4-3-5-10-16/h3-5,9-11,13,15H,2,6-8,12,14H2,1H3. The summed E-state index contributed by atoms with van der Waals surface area (Å²) < 4.78 is 1.74. The number of carbonyl (C=O) groups is 1. The Hall–Kier alpha value is -2.10. The zero-order valence-electron chi connectivity index (χ0n) is 13.1. The monoisotopic (exact) mass is 297 g/mol. The molecule has 1 heterocycles. The van der Waals surface area contributed by atoms with Crippen molar-refractivity contribution in [2.24, 2.45) is 5.92 Å². The van der Waals surface area contributed by atoms with Gasteiger partial charge in [-0.3, -0.25) is 9.48 Å². The molecule has 3 rings (SSSR count). The summed E-state index contributed by atoms with van der Waals surface area (Å²) in [7, 11) is 0. The number of aromatic nitrogens is 2. The Bertz CT molecular complexity index is 616. The van der Waals surface area contributed by atoms with E-state index in [1.807, 2.05) is 35.5 Å². The molecule has 0 unspecified atom stereocenters. The fourth-order valence-electron chi connectivity index (χ4n) is 2.86. The van der Waals surface area contributed by atoms with E-state index in [0.29, 0.717) is 12.5 Å². The Balaban J connectivity index is 1.62. The highest BCUT2D eigenvalue weighted by atomic mass is 16.2. The van der Waals surface area contributed by atoms with Crippen molar-refractivity contribution in [1.82, 2.24) is 14.7 Å². The number of nitrogens with zero attached hydrogens (tertiary/aromatic N) is 3. The minimum atomic E-state index is 0.164. The first-order chi connectivity index (χ1) is 10.8. The smallest absolute Gasteiger partial charge is 0.244 e. The molecule has 0 saturated heterocycles. The SMILES string of the molecule is CCN(CC1CCC1)C(=O)Cn1cc(-c2ccccc2)cn1. The normalized spacial score (nSPS) is 14.6. The maximum atomic E-state index is 12.4. The summed E-state index contributed by atoms with van der Waals surface area (Å²) >= 11 is 0. The largest absolute Gasteiger partial charge is 0.341 e. The molecule has 1 amide bonds. The van der Waals surface area contributed by atoms with E-state index < -0.39 is 0 Å². The number of hydrogen-bond donors (Lipinski definition) is 0. The maximum Gasteiger partial charge on any atom is 0.244 e. The van der Waals surface area contributed by atoms with Crippen molar-refractivity contribution in [1.29, 1.82) is 0 Å². The molecule has 1 fully saturated rings. The molecule has 1 aromatic carbocycles. The molecule has 116 valence electrons. The molecule has 0 bridgehead atoms. The topological polar surface area (TPSA) is 38.1 Å². The van der Waals surface area contributed by atoms with Crippen molar-refractivity contribution in [3.05, 3.63) is 42.7 Å². The van der Waals surface area contributed by atoms with Gasteiger partial charge in [0.2, 0.25) is 5.91 Å². The van der Waals surface area contributed by atoms with Crippen molar-refractivity contribution < 1.29 is 4.79 Å². The van der Waals surface area contributed by atoms with Gasteiger partial charge in [-0.25, -0.2) is 0 Å². The fraction of sp³-hybridized carbons (Fsp3) is 0.444. The molecule has 0 radical (unpaired) electrons. The van der Waals surface area contributed by atoms with Crippen LogP contribution in [0.1, 0.15) is 26.2 Å². The molecule has 1 saturated carbocycles. The summed E-state index contributed by atoms with van der Waals surface area (Å²) in [5, 5.41) is 4.33. The van der Waals surface area contributed by atoms with Crippen LogP contribution >= 0.6 is 0 Å². The Labute approximate surface area is 131 Å². The van der Waals surface area contributed by atoms with Crippen LogP contribution in [0.25, 0.3) is 11.1 Å². The highest BCUT2D eigenvalue weighted by molar-refractivity contribution is 5.76. The van der Waals surface area contributed by atoms with Gasteiger partial charge in [-0.05, 0) is 31.2 Å².